The molecule has 0 atom stereocenters. The van der Waals surface area contributed by atoms with E-state index in [2.05, 4.69) is 64.4 Å². The lowest BCUT2D eigenvalue weighted by Crippen LogP contribution is -2.32. The molecule has 2 N–H and O–H groups in total. The molecule has 0 saturated carbocycles. The number of nitrogens with zero attached hydrogens (tertiary/aromatic N) is 3. The molecule has 1 heterocycles. The van der Waals surface area contributed by atoms with E-state index in [1.165, 1.54) is 0 Å². The van der Waals surface area contributed by atoms with Gasteiger partial charge in [0.05, 0.1) is 11.0 Å². The molecule has 0 spiro atoms. The van der Waals surface area contributed by atoms with Crippen LogP contribution in [0.2, 0.25) is 0 Å². The average Bonchev–Trinajstić information content (AvgIpc) is 2.52. The highest BCUT2D eigenvalue weighted by Gasteiger charge is 2.22. The second-order valence-electron chi connectivity index (χ2n) is 6.09. The first kappa shape index (κ1) is 14.3. The van der Waals surface area contributed by atoms with Gasteiger partial charge in [-0.15, -0.1) is 0 Å². The standard InChI is InChI=1S/C14H21BrN4/c1-14(2,8-18(3)4)9-19-12-6-5-10(15)7-11(12)17-13(19)16/h5-7H,8-9H2,1-4H3,(H2,16,17). The van der Waals surface area contributed by atoms with E-state index in [9.17, 15) is 0 Å². The number of nitrogen functional groups attached to an aromatic ring is 1. The van der Waals surface area contributed by atoms with Crippen molar-refractivity contribution in [1.82, 2.24) is 14.5 Å². The summed E-state index contributed by atoms with van der Waals surface area (Å²) in [5.74, 6) is 0.583. The van der Waals surface area contributed by atoms with E-state index in [0.29, 0.717) is 5.95 Å². The largest absolute Gasteiger partial charge is 0.369 e. The quantitative estimate of drug-likeness (QED) is 0.940. The van der Waals surface area contributed by atoms with E-state index in [1.807, 2.05) is 12.1 Å². The van der Waals surface area contributed by atoms with Crippen LogP contribution < -0.4 is 5.73 Å². The Morgan fingerprint density at radius 1 is 1.37 bits per heavy atom. The lowest BCUT2D eigenvalue weighted by molar-refractivity contribution is 0.214. The lowest BCUT2D eigenvalue weighted by atomic mass is 9.93. The Morgan fingerprint density at radius 3 is 2.68 bits per heavy atom. The molecular formula is C14H21BrN4. The van der Waals surface area contributed by atoms with Crippen molar-refractivity contribution < 1.29 is 0 Å². The first-order valence-corrected chi connectivity index (χ1v) is 7.14. The van der Waals surface area contributed by atoms with E-state index in [-0.39, 0.29) is 5.41 Å². The van der Waals surface area contributed by atoms with Gasteiger partial charge in [-0.3, -0.25) is 0 Å². The molecular weight excluding hydrogens is 304 g/mol. The number of halogens is 1. The molecule has 4 nitrogen and oxygen atoms in total. The van der Waals surface area contributed by atoms with Crippen LogP contribution in [0.25, 0.3) is 11.0 Å². The minimum Gasteiger partial charge on any atom is -0.369 e. The highest BCUT2D eigenvalue weighted by atomic mass is 79.9. The molecule has 0 amide bonds. The third-order valence-electron chi connectivity index (χ3n) is 3.07. The summed E-state index contributed by atoms with van der Waals surface area (Å²) in [5.41, 5.74) is 8.23. The van der Waals surface area contributed by atoms with Crippen LogP contribution in [-0.4, -0.2) is 35.1 Å². The number of hydrogen-bond acceptors (Lipinski definition) is 3. The van der Waals surface area contributed by atoms with Gasteiger partial charge in [-0.2, -0.15) is 0 Å². The highest BCUT2D eigenvalue weighted by Crippen LogP contribution is 2.27. The number of benzene rings is 1. The summed E-state index contributed by atoms with van der Waals surface area (Å²) in [6, 6.07) is 6.09. The molecule has 0 unspecified atom stereocenters. The van der Waals surface area contributed by atoms with Crippen LogP contribution in [0.15, 0.2) is 22.7 Å². The summed E-state index contributed by atoms with van der Waals surface area (Å²) >= 11 is 3.46. The SMILES string of the molecule is CN(C)CC(C)(C)Cn1c(N)nc2cc(Br)ccc21. The van der Waals surface area contributed by atoms with Crippen molar-refractivity contribution in [2.24, 2.45) is 5.41 Å². The van der Waals surface area contributed by atoms with Gasteiger partial charge in [0.25, 0.3) is 0 Å². The molecule has 2 aromatic rings. The smallest absolute Gasteiger partial charge is 0.201 e. The minimum atomic E-state index is 0.137. The maximum atomic E-state index is 6.06. The fourth-order valence-electron chi connectivity index (χ4n) is 2.62. The number of nitrogens with two attached hydrogens (primary N) is 1. The summed E-state index contributed by atoms with van der Waals surface area (Å²) in [5, 5.41) is 0. The maximum absolute atomic E-state index is 6.06. The van der Waals surface area contributed by atoms with Gasteiger partial charge in [-0.1, -0.05) is 29.8 Å². The Hall–Kier alpha value is -1.07. The molecule has 1 aromatic heterocycles. The average molecular weight is 325 g/mol. The molecule has 0 radical (unpaired) electrons. The predicted molar refractivity (Wildman–Crippen MR) is 84.2 cm³/mol. The third-order valence-corrected chi connectivity index (χ3v) is 3.56. The van der Waals surface area contributed by atoms with Crippen LogP contribution in [0.3, 0.4) is 0 Å². The number of rotatable bonds is 4. The Labute approximate surface area is 122 Å². The van der Waals surface area contributed by atoms with Crippen LogP contribution in [-0.2, 0) is 6.54 Å². The molecule has 0 aliphatic heterocycles. The van der Waals surface area contributed by atoms with Crippen LogP contribution in [0.5, 0.6) is 0 Å². The monoisotopic (exact) mass is 324 g/mol. The van der Waals surface area contributed by atoms with Crippen LogP contribution in [0.1, 0.15) is 13.8 Å². The number of fused-ring (bicyclic) bond motifs is 1. The summed E-state index contributed by atoms with van der Waals surface area (Å²) in [4.78, 5) is 6.63. The second kappa shape index (κ2) is 5.13. The number of imidazole rings is 1. The summed E-state index contributed by atoms with van der Waals surface area (Å²) in [6.45, 7) is 6.35. The van der Waals surface area contributed by atoms with Crippen molar-refractivity contribution in [3.63, 3.8) is 0 Å². The zero-order valence-corrected chi connectivity index (χ0v) is 13.5. The van der Waals surface area contributed by atoms with Gasteiger partial charge in [0.1, 0.15) is 0 Å². The van der Waals surface area contributed by atoms with Crippen molar-refractivity contribution in [2.45, 2.75) is 20.4 Å². The van der Waals surface area contributed by atoms with E-state index < -0.39 is 0 Å². The second-order valence-corrected chi connectivity index (χ2v) is 7.01. The van der Waals surface area contributed by atoms with Gasteiger partial charge in [-0.25, -0.2) is 4.98 Å². The van der Waals surface area contributed by atoms with Crippen molar-refractivity contribution in [3.8, 4) is 0 Å². The topological polar surface area (TPSA) is 47.1 Å². The number of anilines is 1. The molecule has 2 rings (SSSR count). The molecule has 19 heavy (non-hydrogen) atoms. The number of aromatic nitrogens is 2. The molecule has 5 heteroatoms. The Bertz CT molecular complexity index is 586. The first-order chi connectivity index (χ1) is 8.78. The zero-order chi connectivity index (χ0) is 14.2. The Balaban J connectivity index is 2.37. The van der Waals surface area contributed by atoms with Crippen LogP contribution >= 0.6 is 15.9 Å². The minimum absolute atomic E-state index is 0.137. The van der Waals surface area contributed by atoms with Gasteiger partial charge >= 0.3 is 0 Å². The van der Waals surface area contributed by atoms with Crippen molar-refractivity contribution in [2.75, 3.05) is 26.4 Å². The van der Waals surface area contributed by atoms with Gasteiger partial charge in [0.2, 0.25) is 5.95 Å². The zero-order valence-electron chi connectivity index (χ0n) is 11.9. The van der Waals surface area contributed by atoms with Crippen molar-refractivity contribution in [1.29, 1.82) is 0 Å². The maximum Gasteiger partial charge on any atom is 0.201 e. The molecule has 0 aliphatic carbocycles. The Morgan fingerprint density at radius 2 is 2.05 bits per heavy atom. The predicted octanol–water partition coefficient (Wildman–Crippen LogP) is 2.97. The lowest BCUT2D eigenvalue weighted by Gasteiger charge is -2.29. The van der Waals surface area contributed by atoms with Gasteiger partial charge in [0, 0.05) is 17.6 Å². The van der Waals surface area contributed by atoms with Crippen LogP contribution in [0, 0.1) is 5.41 Å². The molecule has 0 aliphatic rings. The van der Waals surface area contributed by atoms with Gasteiger partial charge in [-0.05, 0) is 37.7 Å². The molecule has 104 valence electrons. The molecule has 0 bridgehead atoms. The Kier molecular flexibility index (Phi) is 3.87. The normalized spacial score (nSPS) is 12.5. The first-order valence-electron chi connectivity index (χ1n) is 6.34. The molecule has 0 fully saturated rings. The van der Waals surface area contributed by atoms with E-state index in [0.717, 1.165) is 28.6 Å². The van der Waals surface area contributed by atoms with Crippen LogP contribution in [0.4, 0.5) is 5.95 Å². The molecule has 1 aromatic carbocycles. The van der Waals surface area contributed by atoms with Crippen molar-refractivity contribution in [3.05, 3.63) is 22.7 Å². The summed E-state index contributed by atoms with van der Waals surface area (Å²) < 4.78 is 3.13. The fraction of sp³-hybridized carbons (Fsp3) is 0.500. The summed E-state index contributed by atoms with van der Waals surface area (Å²) in [7, 11) is 4.18. The van der Waals surface area contributed by atoms with Gasteiger partial charge in [0.15, 0.2) is 0 Å². The summed E-state index contributed by atoms with van der Waals surface area (Å²) in [6.07, 6.45) is 0. The van der Waals surface area contributed by atoms with E-state index in [4.69, 9.17) is 5.73 Å². The molecule has 0 saturated heterocycles. The van der Waals surface area contributed by atoms with Gasteiger partial charge < -0.3 is 15.2 Å². The highest BCUT2D eigenvalue weighted by molar-refractivity contribution is 9.10. The third kappa shape index (κ3) is 3.28. The fourth-order valence-corrected chi connectivity index (χ4v) is 2.97. The van der Waals surface area contributed by atoms with E-state index >= 15 is 0 Å². The van der Waals surface area contributed by atoms with E-state index in [1.54, 1.807) is 0 Å². The number of hydrogen-bond donors (Lipinski definition) is 1. The van der Waals surface area contributed by atoms with Crippen molar-refractivity contribution >= 4 is 32.9 Å².